The van der Waals surface area contributed by atoms with Crippen LogP contribution in [0.3, 0.4) is 0 Å². The molecule has 2 aliphatic carbocycles. The van der Waals surface area contributed by atoms with Gasteiger partial charge in [-0.25, -0.2) is 0 Å². The fraction of sp³-hybridized carbons (Fsp3) is 0.684. The second-order valence-corrected chi connectivity index (χ2v) is 7.50. The molecule has 1 aromatic rings. The first-order valence-electron chi connectivity index (χ1n) is 8.74. The van der Waals surface area contributed by atoms with Crippen molar-refractivity contribution >= 4 is 0 Å². The number of likely N-dealkylation sites (tertiary alicyclic amines) is 1. The zero-order valence-electron chi connectivity index (χ0n) is 14.4. The van der Waals surface area contributed by atoms with Crippen molar-refractivity contribution in [2.24, 2.45) is 0 Å². The minimum Gasteiger partial charge on any atom is -0.493 e. The molecule has 4 nitrogen and oxygen atoms in total. The Bertz CT molecular complexity index is 631. The number of nitrogens with zero attached hydrogens (tertiary/aromatic N) is 1. The molecular weight excluding hydrogens is 290 g/mol. The van der Waals surface area contributed by atoms with Crippen molar-refractivity contribution < 1.29 is 14.6 Å². The highest BCUT2D eigenvalue weighted by molar-refractivity contribution is 5.58. The third-order valence-corrected chi connectivity index (χ3v) is 6.74. The number of aliphatic hydroxyl groups is 1. The predicted molar refractivity (Wildman–Crippen MR) is 89.4 cm³/mol. The summed E-state index contributed by atoms with van der Waals surface area (Å²) in [6.45, 7) is 1.03. The van der Waals surface area contributed by atoms with Crippen molar-refractivity contribution in [3.05, 3.63) is 23.3 Å². The Labute approximate surface area is 138 Å². The first-order chi connectivity index (χ1) is 11.1. The van der Waals surface area contributed by atoms with Crippen LogP contribution in [0.4, 0.5) is 0 Å². The van der Waals surface area contributed by atoms with E-state index in [4.69, 9.17) is 9.47 Å². The van der Waals surface area contributed by atoms with E-state index in [0.717, 1.165) is 50.1 Å². The minimum absolute atomic E-state index is 0.185. The lowest BCUT2D eigenvalue weighted by molar-refractivity contribution is -0.161. The minimum atomic E-state index is -0.648. The summed E-state index contributed by atoms with van der Waals surface area (Å²) in [5.74, 6) is 1.62. The molecular formula is C19H27NO3. The Morgan fingerprint density at radius 2 is 1.91 bits per heavy atom. The molecule has 0 spiro atoms. The lowest BCUT2D eigenvalue weighted by Gasteiger charge is -2.63. The monoisotopic (exact) mass is 317 g/mol. The molecule has 0 amide bonds. The average molecular weight is 317 g/mol. The van der Waals surface area contributed by atoms with Gasteiger partial charge in [0.25, 0.3) is 0 Å². The highest BCUT2D eigenvalue weighted by Crippen LogP contribution is 2.60. The van der Waals surface area contributed by atoms with Crippen LogP contribution in [0.1, 0.15) is 43.2 Å². The van der Waals surface area contributed by atoms with Gasteiger partial charge in [0.1, 0.15) is 0 Å². The Balaban J connectivity index is 2.00. The Hall–Kier alpha value is -1.26. The highest BCUT2D eigenvalue weighted by Gasteiger charge is 2.63. The smallest absolute Gasteiger partial charge is 0.164 e. The van der Waals surface area contributed by atoms with Gasteiger partial charge in [-0.05, 0) is 50.9 Å². The summed E-state index contributed by atoms with van der Waals surface area (Å²) >= 11 is 0. The summed E-state index contributed by atoms with van der Waals surface area (Å²) in [5, 5.41) is 11.8. The van der Waals surface area contributed by atoms with E-state index in [9.17, 15) is 5.11 Å². The number of likely N-dealkylation sites (N-methyl/N-ethyl adjacent to an activating group) is 1. The average Bonchev–Trinajstić information content (AvgIpc) is 2.56. The molecule has 1 aromatic carbocycles. The molecule has 1 N–H and O–H groups in total. The Morgan fingerprint density at radius 3 is 2.65 bits per heavy atom. The van der Waals surface area contributed by atoms with Crippen LogP contribution < -0.4 is 9.47 Å². The maximum atomic E-state index is 11.8. The van der Waals surface area contributed by atoms with Crippen molar-refractivity contribution in [3.8, 4) is 11.5 Å². The number of piperidine rings is 1. The normalized spacial score (nSPS) is 36.1. The van der Waals surface area contributed by atoms with Gasteiger partial charge in [0.15, 0.2) is 11.5 Å². The van der Waals surface area contributed by atoms with Crippen LogP contribution >= 0.6 is 0 Å². The number of rotatable bonds is 2. The molecule has 1 saturated heterocycles. The summed E-state index contributed by atoms with van der Waals surface area (Å²) in [7, 11) is 5.57. The van der Waals surface area contributed by atoms with Crippen LogP contribution in [0.15, 0.2) is 12.1 Å². The number of methoxy groups -OCH3 is 2. The maximum Gasteiger partial charge on any atom is 0.164 e. The fourth-order valence-electron chi connectivity index (χ4n) is 5.65. The molecule has 2 fully saturated rings. The quantitative estimate of drug-likeness (QED) is 0.910. The summed E-state index contributed by atoms with van der Waals surface area (Å²) in [5.41, 5.74) is 1.72. The topological polar surface area (TPSA) is 41.9 Å². The van der Waals surface area contributed by atoms with Crippen molar-refractivity contribution in [2.45, 2.75) is 55.6 Å². The van der Waals surface area contributed by atoms with Crippen LogP contribution in [-0.4, -0.2) is 49.5 Å². The van der Waals surface area contributed by atoms with Crippen molar-refractivity contribution in [1.82, 2.24) is 4.90 Å². The lowest BCUT2D eigenvalue weighted by atomic mass is 9.49. The second kappa shape index (κ2) is 5.12. The zero-order chi connectivity index (χ0) is 16.2. The summed E-state index contributed by atoms with van der Waals surface area (Å²) in [6, 6.07) is 4.40. The molecule has 4 rings (SSSR count). The van der Waals surface area contributed by atoms with Crippen LogP contribution in [0.25, 0.3) is 0 Å². The lowest BCUT2D eigenvalue weighted by Crippen LogP contribution is -2.71. The third kappa shape index (κ3) is 1.79. The largest absolute Gasteiger partial charge is 0.493 e. The predicted octanol–water partition coefficient (Wildman–Crippen LogP) is 2.51. The van der Waals surface area contributed by atoms with Crippen molar-refractivity contribution in [3.63, 3.8) is 0 Å². The van der Waals surface area contributed by atoms with Gasteiger partial charge in [-0.1, -0.05) is 18.9 Å². The van der Waals surface area contributed by atoms with Crippen molar-refractivity contribution in [2.75, 3.05) is 27.8 Å². The van der Waals surface area contributed by atoms with E-state index >= 15 is 0 Å². The van der Waals surface area contributed by atoms with Gasteiger partial charge < -0.3 is 19.5 Å². The number of ether oxygens (including phenoxy) is 2. The first kappa shape index (κ1) is 15.3. The molecule has 126 valence electrons. The molecule has 1 saturated carbocycles. The zero-order valence-corrected chi connectivity index (χ0v) is 14.4. The number of hydrogen-bond donors (Lipinski definition) is 1. The molecule has 3 aliphatic rings. The van der Waals surface area contributed by atoms with Crippen LogP contribution in [0.5, 0.6) is 11.5 Å². The van der Waals surface area contributed by atoms with Crippen LogP contribution in [0, 0.1) is 0 Å². The van der Waals surface area contributed by atoms with Crippen molar-refractivity contribution in [1.29, 1.82) is 0 Å². The fourth-order valence-corrected chi connectivity index (χ4v) is 5.65. The molecule has 1 aliphatic heterocycles. The van der Waals surface area contributed by atoms with Crippen LogP contribution in [-0.2, 0) is 11.8 Å². The van der Waals surface area contributed by atoms with Gasteiger partial charge in [-0.15, -0.1) is 0 Å². The SMILES string of the molecule is COc1ccc2c(c1OC)[C@@]13CCCC[C@@]1(O)[C@@H](C2)N(C)CC3. The van der Waals surface area contributed by atoms with Gasteiger partial charge >= 0.3 is 0 Å². The first-order valence-corrected chi connectivity index (χ1v) is 8.74. The molecule has 4 heteroatoms. The molecule has 0 unspecified atom stereocenters. The van der Waals surface area contributed by atoms with E-state index in [-0.39, 0.29) is 11.5 Å². The highest BCUT2D eigenvalue weighted by atomic mass is 16.5. The Kier molecular flexibility index (Phi) is 3.40. The van der Waals surface area contributed by atoms with Gasteiger partial charge in [0.05, 0.1) is 19.8 Å². The summed E-state index contributed by atoms with van der Waals surface area (Å²) in [4.78, 5) is 2.36. The van der Waals surface area contributed by atoms with Gasteiger partial charge in [-0.3, -0.25) is 0 Å². The second-order valence-electron chi connectivity index (χ2n) is 7.50. The van der Waals surface area contributed by atoms with Gasteiger partial charge in [-0.2, -0.15) is 0 Å². The van der Waals surface area contributed by atoms with E-state index in [1.165, 1.54) is 17.5 Å². The summed E-state index contributed by atoms with van der Waals surface area (Å²) in [6.07, 6.45) is 6.12. The van der Waals surface area contributed by atoms with E-state index < -0.39 is 5.60 Å². The number of benzene rings is 1. The van der Waals surface area contributed by atoms with E-state index in [0.29, 0.717) is 0 Å². The Morgan fingerprint density at radius 1 is 1.13 bits per heavy atom. The third-order valence-electron chi connectivity index (χ3n) is 6.74. The van der Waals surface area contributed by atoms with Gasteiger partial charge in [0, 0.05) is 17.0 Å². The molecule has 0 radical (unpaired) electrons. The van der Waals surface area contributed by atoms with Crippen LogP contribution in [0.2, 0.25) is 0 Å². The number of hydrogen-bond acceptors (Lipinski definition) is 4. The van der Waals surface area contributed by atoms with E-state index in [2.05, 4.69) is 18.0 Å². The summed E-state index contributed by atoms with van der Waals surface area (Å²) < 4.78 is 11.3. The van der Waals surface area contributed by atoms with Gasteiger partial charge in [0.2, 0.25) is 0 Å². The standard InChI is InChI=1S/C19H27NO3/c1-20-11-10-18-8-4-5-9-19(18,21)15(20)12-13-6-7-14(22-2)17(23-3)16(13)18/h6-7,15,21H,4-5,8-12H2,1-3H3/t15-,18+,19-/m1/s1. The molecule has 2 bridgehead atoms. The maximum absolute atomic E-state index is 11.8. The molecule has 23 heavy (non-hydrogen) atoms. The molecule has 0 aromatic heterocycles. The van der Waals surface area contributed by atoms with E-state index in [1.807, 2.05) is 6.07 Å². The number of fused-ring (bicyclic) bond motifs is 1. The molecule has 1 heterocycles. The van der Waals surface area contributed by atoms with E-state index in [1.54, 1.807) is 14.2 Å². The molecule has 3 atom stereocenters.